The Morgan fingerprint density at radius 1 is 1.17 bits per heavy atom. The highest BCUT2D eigenvalue weighted by molar-refractivity contribution is 5.92. The minimum absolute atomic E-state index is 0.180. The molecule has 0 aliphatic heterocycles. The fourth-order valence-corrected chi connectivity index (χ4v) is 2.71. The molecule has 3 heterocycles. The van der Waals surface area contributed by atoms with E-state index < -0.39 is 0 Å². The van der Waals surface area contributed by atoms with Crippen LogP contribution < -0.4 is 5.32 Å². The van der Waals surface area contributed by atoms with E-state index in [4.69, 9.17) is 4.52 Å². The maximum Gasteiger partial charge on any atom is 0.271 e. The second kappa shape index (κ2) is 8.05. The van der Waals surface area contributed by atoms with Crippen LogP contribution in [0, 0.1) is 0 Å². The molecule has 0 aliphatic rings. The Labute approximate surface area is 167 Å². The van der Waals surface area contributed by atoms with Gasteiger partial charge in [-0.15, -0.1) is 0 Å². The van der Waals surface area contributed by atoms with E-state index in [9.17, 15) is 4.79 Å². The number of rotatable bonds is 6. The SMILES string of the molecule is CC(C)c1noc(-c2ccnc(-n3cnc(C(=O)NCc4ccccc4)c3)c2)n1. The van der Waals surface area contributed by atoms with Gasteiger partial charge in [-0.05, 0) is 17.7 Å². The number of hydrogen-bond donors (Lipinski definition) is 1. The largest absolute Gasteiger partial charge is 0.347 e. The van der Waals surface area contributed by atoms with Crippen LogP contribution in [0.15, 0.2) is 65.7 Å². The number of carbonyl (C=O) groups is 1. The first-order valence-corrected chi connectivity index (χ1v) is 9.26. The summed E-state index contributed by atoms with van der Waals surface area (Å²) in [5, 5.41) is 6.85. The number of carbonyl (C=O) groups excluding carboxylic acids is 1. The van der Waals surface area contributed by atoms with Gasteiger partial charge in [-0.1, -0.05) is 49.3 Å². The Balaban J connectivity index is 1.49. The highest BCUT2D eigenvalue weighted by atomic mass is 16.5. The number of amides is 1. The minimum atomic E-state index is -0.248. The summed E-state index contributed by atoms with van der Waals surface area (Å²) < 4.78 is 7.02. The molecule has 0 saturated heterocycles. The monoisotopic (exact) mass is 388 g/mol. The maximum absolute atomic E-state index is 12.4. The zero-order valence-electron chi connectivity index (χ0n) is 16.1. The molecule has 0 saturated carbocycles. The zero-order valence-corrected chi connectivity index (χ0v) is 16.1. The molecule has 1 amide bonds. The van der Waals surface area contributed by atoms with Crippen molar-refractivity contribution in [2.24, 2.45) is 0 Å². The number of nitrogens with one attached hydrogen (secondary N) is 1. The van der Waals surface area contributed by atoms with E-state index in [1.54, 1.807) is 29.4 Å². The number of imidazole rings is 1. The van der Waals surface area contributed by atoms with Crippen LogP contribution in [0.25, 0.3) is 17.3 Å². The number of hydrogen-bond acceptors (Lipinski definition) is 6. The van der Waals surface area contributed by atoms with Gasteiger partial charge in [0.05, 0.1) is 0 Å². The van der Waals surface area contributed by atoms with Gasteiger partial charge in [-0.25, -0.2) is 9.97 Å². The van der Waals surface area contributed by atoms with Crippen LogP contribution in [-0.2, 0) is 6.54 Å². The molecule has 0 unspecified atom stereocenters. The van der Waals surface area contributed by atoms with Crippen molar-refractivity contribution in [3.05, 3.63) is 78.3 Å². The summed E-state index contributed by atoms with van der Waals surface area (Å²) in [6.07, 6.45) is 4.84. The van der Waals surface area contributed by atoms with E-state index in [0.29, 0.717) is 29.8 Å². The molecule has 8 heteroatoms. The quantitative estimate of drug-likeness (QED) is 0.544. The molecule has 0 aliphatic carbocycles. The van der Waals surface area contributed by atoms with E-state index in [2.05, 4.69) is 25.4 Å². The summed E-state index contributed by atoms with van der Waals surface area (Å²) in [4.78, 5) is 25.3. The number of nitrogens with zero attached hydrogens (tertiary/aromatic N) is 5. The Morgan fingerprint density at radius 3 is 2.76 bits per heavy atom. The first-order valence-electron chi connectivity index (χ1n) is 9.26. The van der Waals surface area contributed by atoms with E-state index in [0.717, 1.165) is 11.1 Å². The molecule has 4 rings (SSSR count). The highest BCUT2D eigenvalue weighted by Crippen LogP contribution is 2.21. The maximum atomic E-state index is 12.4. The van der Waals surface area contributed by atoms with Gasteiger partial charge in [0.1, 0.15) is 17.8 Å². The number of benzene rings is 1. The number of pyridine rings is 1. The number of aromatic nitrogens is 5. The van der Waals surface area contributed by atoms with Gasteiger partial charge in [0.25, 0.3) is 11.8 Å². The van der Waals surface area contributed by atoms with Gasteiger partial charge in [0.2, 0.25) is 0 Å². The first kappa shape index (κ1) is 18.5. The average Bonchev–Trinajstić information content (AvgIpc) is 3.43. The normalized spacial score (nSPS) is 11.0. The Hall–Kier alpha value is -3.81. The van der Waals surface area contributed by atoms with Crippen molar-refractivity contribution < 1.29 is 9.32 Å². The lowest BCUT2D eigenvalue weighted by atomic mass is 10.2. The standard InChI is InChI=1S/C21H20N6O2/c1-14(2)19-25-21(29-26-19)16-8-9-22-18(10-16)27-12-17(24-13-27)20(28)23-11-15-6-4-3-5-7-15/h3-10,12-14H,11H2,1-2H3,(H,23,28). The third kappa shape index (κ3) is 4.21. The Bertz CT molecular complexity index is 1120. The molecule has 0 fully saturated rings. The van der Waals surface area contributed by atoms with E-state index >= 15 is 0 Å². The van der Waals surface area contributed by atoms with Gasteiger partial charge < -0.3 is 9.84 Å². The molecule has 0 bridgehead atoms. The van der Waals surface area contributed by atoms with Crippen LogP contribution >= 0.6 is 0 Å². The van der Waals surface area contributed by atoms with Gasteiger partial charge >= 0.3 is 0 Å². The first-order chi connectivity index (χ1) is 14.1. The lowest BCUT2D eigenvalue weighted by Crippen LogP contribution is -2.23. The molecular formula is C21H20N6O2. The molecule has 0 radical (unpaired) electrons. The van der Waals surface area contributed by atoms with Crippen molar-refractivity contribution >= 4 is 5.91 Å². The highest BCUT2D eigenvalue weighted by Gasteiger charge is 2.14. The topological polar surface area (TPSA) is 98.7 Å². The summed E-state index contributed by atoms with van der Waals surface area (Å²) in [5.41, 5.74) is 2.08. The van der Waals surface area contributed by atoms with Gasteiger partial charge in [-0.2, -0.15) is 4.98 Å². The summed E-state index contributed by atoms with van der Waals surface area (Å²) in [5.74, 6) is 1.61. The second-order valence-corrected chi connectivity index (χ2v) is 6.85. The van der Waals surface area contributed by atoms with Crippen LogP contribution in [0.5, 0.6) is 0 Å². The van der Waals surface area contributed by atoms with Crippen LogP contribution in [-0.4, -0.2) is 30.6 Å². The second-order valence-electron chi connectivity index (χ2n) is 6.85. The third-order valence-electron chi connectivity index (χ3n) is 4.33. The lowest BCUT2D eigenvalue weighted by Gasteiger charge is -2.03. The van der Waals surface area contributed by atoms with Crippen LogP contribution in [0.2, 0.25) is 0 Å². The van der Waals surface area contributed by atoms with Crippen molar-refractivity contribution in [2.45, 2.75) is 26.3 Å². The average molecular weight is 388 g/mol. The van der Waals surface area contributed by atoms with Crippen LogP contribution in [0.3, 0.4) is 0 Å². The Morgan fingerprint density at radius 2 is 2.00 bits per heavy atom. The van der Waals surface area contributed by atoms with E-state index in [1.165, 1.54) is 0 Å². The summed E-state index contributed by atoms with van der Waals surface area (Å²) in [6, 6.07) is 13.3. The predicted molar refractivity (Wildman–Crippen MR) is 106 cm³/mol. The molecule has 4 aromatic rings. The fraction of sp³-hybridized carbons (Fsp3) is 0.190. The molecule has 0 spiro atoms. The molecular weight excluding hydrogens is 368 g/mol. The van der Waals surface area contributed by atoms with Crippen molar-refractivity contribution in [3.63, 3.8) is 0 Å². The van der Waals surface area contributed by atoms with Gasteiger partial charge in [0.15, 0.2) is 5.82 Å². The summed E-state index contributed by atoms with van der Waals surface area (Å²) >= 11 is 0. The van der Waals surface area contributed by atoms with Crippen LogP contribution in [0.1, 0.15) is 41.6 Å². The zero-order chi connectivity index (χ0) is 20.2. The molecule has 29 heavy (non-hydrogen) atoms. The smallest absolute Gasteiger partial charge is 0.271 e. The molecule has 8 nitrogen and oxygen atoms in total. The van der Waals surface area contributed by atoms with E-state index in [-0.39, 0.29) is 11.8 Å². The van der Waals surface area contributed by atoms with Crippen molar-refractivity contribution in [1.82, 2.24) is 30.0 Å². The van der Waals surface area contributed by atoms with Crippen molar-refractivity contribution in [3.8, 4) is 17.3 Å². The van der Waals surface area contributed by atoms with Crippen LogP contribution in [0.4, 0.5) is 0 Å². The molecule has 3 aromatic heterocycles. The Kier molecular flexibility index (Phi) is 5.15. The molecule has 1 aromatic carbocycles. The molecule has 0 atom stereocenters. The lowest BCUT2D eigenvalue weighted by molar-refractivity contribution is 0.0946. The summed E-state index contributed by atoms with van der Waals surface area (Å²) in [7, 11) is 0. The van der Waals surface area contributed by atoms with Gasteiger partial charge in [0, 0.05) is 30.4 Å². The van der Waals surface area contributed by atoms with Crippen molar-refractivity contribution in [2.75, 3.05) is 0 Å². The third-order valence-corrected chi connectivity index (χ3v) is 4.33. The van der Waals surface area contributed by atoms with E-state index in [1.807, 2.05) is 50.2 Å². The molecule has 1 N–H and O–H groups in total. The fourth-order valence-electron chi connectivity index (χ4n) is 2.71. The van der Waals surface area contributed by atoms with Gasteiger partial charge in [-0.3, -0.25) is 9.36 Å². The van der Waals surface area contributed by atoms with Crippen molar-refractivity contribution in [1.29, 1.82) is 0 Å². The predicted octanol–water partition coefficient (Wildman–Crippen LogP) is 3.37. The molecule has 146 valence electrons. The summed E-state index contributed by atoms with van der Waals surface area (Å²) in [6.45, 7) is 4.44. The minimum Gasteiger partial charge on any atom is -0.347 e.